The summed E-state index contributed by atoms with van der Waals surface area (Å²) in [6.07, 6.45) is 6.17. The van der Waals surface area contributed by atoms with Crippen LogP contribution < -0.4 is 15.4 Å². The van der Waals surface area contributed by atoms with Crippen LogP contribution in [-0.4, -0.2) is 13.0 Å². The third-order valence-electron chi connectivity index (χ3n) is 5.27. The Morgan fingerprint density at radius 2 is 2.00 bits per heavy atom. The summed E-state index contributed by atoms with van der Waals surface area (Å²) in [6, 6.07) is 15.9. The molecule has 1 aliphatic carbocycles. The second-order valence-corrected chi connectivity index (χ2v) is 7.33. The average Bonchev–Trinajstić information content (AvgIpc) is 2.76. The number of rotatable bonds is 7. The maximum Gasteiger partial charge on any atom is 0.263 e. The maximum atomic E-state index is 12.5. The molecule has 0 spiro atoms. The van der Waals surface area contributed by atoms with Crippen LogP contribution in [0.4, 0.5) is 0 Å². The third-order valence-corrected chi connectivity index (χ3v) is 5.27. The van der Waals surface area contributed by atoms with Gasteiger partial charge in [-0.05, 0) is 67.0 Å². The molecule has 0 aromatic heterocycles. The first kappa shape index (κ1) is 20.5. The highest BCUT2D eigenvalue weighted by Gasteiger charge is 2.16. The van der Waals surface area contributed by atoms with Gasteiger partial charge >= 0.3 is 0 Å². The van der Waals surface area contributed by atoms with Gasteiger partial charge in [-0.3, -0.25) is 4.79 Å². The summed E-state index contributed by atoms with van der Waals surface area (Å²) in [4.78, 5) is 12.5. The first-order valence-corrected chi connectivity index (χ1v) is 10.00. The number of carbonyl (C=O) groups excluding carboxylic acids is 1. The summed E-state index contributed by atoms with van der Waals surface area (Å²) in [7, 11) is 1.62. The van der Waals surface area contributed by atoms with Gasteiger partial charge < -0.3 is 15.4 Å². The standard InChI is InChI=1S/C24H27N3O2/c1-17(20-11-10-19-7-3-4-8-21(19)13-20)27-24(28)22(14-25)16-26-15-18-6-5-9-23(12-18)29-2/h5-6,9-13,16-17,26H,3-4,7-8,15H2,1-2H3,(H,27,28)/b22-16-. The zero-order valence-corrected chi connectivity index (χ0v) is 17.0. The van der Waals surface area contributed by atoms with Gasteiger partial charge in [-0.2, -0.15) is 5.26 Å². The lowest BCUT2D eigenvalue weighted by atomic mass is 9.89. The minimum Gasteiger partial charge on any atom is -0.497 e. The molecule has 29 heavy (non-hydrogen) atoms. The van der Waals surface area contributed by atoms with Crippen LogP contribution in [0.25, 0.3) is 0 Å². The van der Waals surface area contributed by atoms with Crippen molar-refractivity contribution in [2.45, 2.75) is 45.2 Å². The van der Waals surface area contributed by atoms with E-state index in [9.17, 15) is 10.1 Å². The normalized spacial score (nSPS) is 14.3. The quantitative estimate of drug-likeness (QED) is 0.555. The van der Waals surface area contributed by atoms with Crippen LogP contribution in [0.15, 0.2) is 54.2 Å². The molecule has 0 fully saturated rings. The van der Waals surface area contributed by atoms with Crippen molar-refractivity contribution < 1.29 is 9.53 Å². The summed E-state index contributed by atoms with van der Waals surface area (Å²) >= 11 is 0. The van der Waals surface area contributed by atoms with E-state index in [-0.39, 0.29) is 17.5 Å². The van der Waals surface area contributed by atoms with E-state index >= 15 is 0 Å². The van der Waals surface area contributed by atoms with E-state index in [1.54, 1.807) is 7.11 Å². The van der Waals surface area contributed by atoms with E-state index in [4.69, 9.17) is 4.74 Å². The van der Waals surface area contributed by atoms with Crippen molar-refractivity contribution in [1.29, 1.82) is 5.26 Å². The van der Waals surface area contributed by atoms with Crippen molar-refractivity contribution in [2.24, 2.45) is 0 Å². The number of nitrogens with one attached hydrogen (secondary N) is 2. The Morgan fingerprint density at radius 3 is 2.76 bits per heavy atom. The largest absolute Gasteiger partial charge is 0.497 e. The summed E-state index contributed by atoms with van der Waals surface area (Å²) in [5.41, 5.74) is 4.92. The molecule has 0 aliphatic heterocycles. The van der Waals surface area contributed by atoms with Crippen LogP contribution in [0, 0.1) is 11.3 Å². The van der Waals surface area contributed by atoms with Crippen LogP contribution in [0.3, 0.4) is 0 Å². The molecule has 1 aliphatic rings. The predicted octanol–water partition coefficient (Wildman–Crippen LogP) is 3.95. The lowest BCUT2D eigenvalue weighted by Gasteiger charge is -2.20. The lowest BCUT2D eigenvalue weighted by molar-refractivity contribution is -0.117. The molecule has 1 amide bonds. The minimum absolute atomic E-state index is 0.0534. The number of fused-ring (bicyclic) bond motifs is 1. The van der Waals surface area contributed by atoms with Crippen LogP contribution >= 0.6 is 0 Å². The number of hydrogen-bond acceptors (Lipinski definition) is 4. The molecule has 3 rings (SSSR count). The summed E-state index contributed by atoms with van der Waals surface area (Å²) < 4.78 is 5.20. The van der Waals surface area contributed by atoms with Crippen molar-refractivity contribution >= 4 is 5.91 Å². The molecule has 150 valence electrons. The summed E-state index contributed by atoms with van der Waals surface area (Å²) in [5.74, 6) is 0.390. The number of methoxy groups -OCH3 is 1. The van der Waals surface area contributed by atoms with Crippen LogP contribution in [0.1, 0.15) is 48.1 Å². The summed E-state index contributed by atoms with van der Waals surface area (Å²) in [5, 5.41) is 15.3. The highest BCUT2D eigenvalue weighted by molar-refractivity contribution is 5.97. The van der Waals surface area contributed by atoms with Crippen molar-refractivity contribution in [3.63, 3.8) is 0 Å². The number of benzene rings is 2. The Labute approximate surface area is 172 Å². The molecule has 1 atom stereocenters. The number of hydrogen-bond donors (Lipinski definition) is 2. The fraction of sp³-hybridized carbons (Fsp3) is 0.333. The van der Waals surface area contributed by atoms with E-state index in [2.05, 4.69) is 28.8 Å². The molecule has 5 nitrogen and oxygen atoms in total. The molecule has 0 radical (unpaired) electrons. The molecule has 0 saturated carbocycles. The molecule has 0 bridgehead atoms. The molecule has 5 heteroatoms. The predicted molar refractivity (Wildman–Crippen MR) is 113 cm³/mol. The van der Waals surface area contributed by atoms with E-state index < -0.39 is 0 Å². The Hall–Kier alpha value is -3.26. The molecule has 0 heterocycles. The number of carbonyl (C=O) groups is 1. The lowest BCUT2D eigenvalue weighted by Crippen LogP contribution is -2.28. The second-order valence-electron chi connectivity index (χ2n) is 7.33. The fourth-order valence-corrected chi connectivity index (χ4v) is 3.58. The first-order valence-electron chi connectivity index (χ1n) is 10.00. The molecule has 2 aromatic rings. The third kappa shape index (κ3) is 5.39. The van der Waals surface area contributed by atoms with Gasteiger partial charge in [0.2, 0.25) is 0 Å². The van der Waals surface area contributed by atoms with Crippen molar-refractivity contribution in [3.8, 4) is 11.8 Å². The van der Waals surface area contributed by atoms with Gasteiger partial charge in [-0.1, -0.05) is 30.3 Å². The Morgan fingerprint density at radius 1 is 1.21 bits per heavy atom. The highest BCUT2D eigenvalue weighted by Crippen LogP contribution is 2.24. The molecule has 2 N–H and O–H groups in total. The number of aryl methyl sites for hydroxylation is 2. The molecular weight excluding hydrogens is 362 g/mol. The van der Waals surface area contributed by atoms with E-state index in [1.807, 2.05) is 37.3 Å². The first-order chi connectivity index (χ1) is 14.1. The Kier molecular flexibility index (Phi) is 6.91. The molecular formula is C24H27N3O2. The van der Waals surface area contributed by atoms with E-state index in [0.29, 0.717) is 6.54 Å². The van der Waals surface area contributed by atoms with Gasteiger partial charge in [0, 0.05) is 12.7 Å². The zero-order valence-electron chi connectivity index (χ0n) is 17.0. The Bertz CT molecular complexity index is 943. The minimum atomic E-state index is -0.379. The highest BCUT2D eigenvalue weighted by atomic mass is 16.5. The van der Waals surface area contributed by atoms with Crippen LogP contribution in [-0.2, 0) is 24.2 Å². The fourth-order valence-electron chi connectivity index (χ4n) is 3.58. The average molecular weight is 389 g/mol. The van der Waals surface area contributed by atoms with Gasteiger partial charge in [0.1, 0.15) is 17.4 Å². The van der Waals surface area contributed by atoms with Crippen LogP contribution in [0.5, 0.6) is 5.75 Å². The number of nitrogens with zero attached hydrogens (tertiary/aromatic N) is 1. The second kappa shape index (κ2) is 9.79. The van der Waals surface area contributed by atoms with Crippen molar-refractivity contribution in [3.05, 3.63) is 76.5 Å². The Balaban J connectivity index is 1.60. The number of ether oxygens (including phenoxy) is 1. The van der Waals surface area contributed by atoms with Gasteiger partial charge in [0.05, 0.1) is 13.2 Å². The smallest absolute Gasteiger partial charge is 0.263 e. The van der Waals surface area contributed by atoms with E-state index in [0.717, 1.165) is 29.7 Å². The van der Waals surface area contributed by atoms with E-state index in [1.165, 1.54) is 30.2 Å². The van der Waals surface area contributed by atoms with Crippen molar-refractivity contribution in [2.75, 3.05) is 7.11 Å². The zero-order chi connectivity index (χ0) is 20.6. The number of nitriles is 1. The van der Waals surface area contributed by atoms with Gasteiger partial charge in [0.25, 0.3) is 5.91 Å². The van der Waals surface area contributed by atoms with Gasteiger partial charge in [-0.15, -0.1) is 0 Å². The molecule has 2 aromatic carbocycles. The SMILES string of the molecule is COc1cccc(CN/C=C(/C#N)C(=O)NC(C)c2ccc3c(c2)CCCC3)c1. The maximum absolute atomic E-state index is 12.5. The molecule has 1 unspecified atom stereocenters. The molecule has 0 saturated heterocycles. The van der Waals surface area contributed by atoms with Crippen LogP contribution in [0.2, 0.25) is 0 Å². The van der Waals surface area contributed by atoms with Gasteiger partial charge in [-0.25, -0.2) is 0 Å². The topological polar surface area (TPSA) is 74.1 Å². The monoisotopic (exact) mass is 389 g/mol. The summed E-state index contributed by atoms with van der Waals surface area (Å²) in [6.45, 7) is 2.44. The number of amides is 1. The van der Waals surface area contributed by atoms with Crippen molar-refractivity contribution in [1.82, 2.24) is 10.6 Å². The van der Waals surface area contributed by atoms with Gasteiger partial charge in [0.15, 0.2) is 0 Å².